The van der Waals surface area contributed by atoms with E-state index in [0.717, 1.165) is 23.0 Å². The van der Waals surface area contributed by atoms with E-state index in [0.29, 0.717) is 39.4 Å². The van der Waals surface area contributed by atoms with Crippen LogP contribution >= 0.6 is 43.6 Å². The Bertz CT molecular complexity index is 5500. The first-order valence-electron chi connectivity index (χ1n) is 47.3. The number of carboxylic acid groups (broad SMARTS) is 1. The largest absolute Gasteiger partial charge is 0.506 e. The predicted octanol–water partition coefficient (Wildman–Crippen LogP) is 1.01. The summed E-state index contributed by atoms with van der Waals surface area (Å²) < 4.78 is 0.195. The van der Waals surface area contributed by atoms with Crippen LogP contribution < -0.4 is 102 Å². The Labute approximate surface area is 856 Å². The molecule has 5 aromatic carbocycles. The van der Waals surface area contributed by atoms with Gasteiger partial charge in [-0.3, -0.25) is 92.3 Å². The molecule has 0 aliphatic carbocycles. The summed E-state index contributed by atoms with van der Waals surface area (Å²) in [5.41, 5.74) is 20.6. The molecule has 1 aliphatic heterocycles. The van der Waals surface area contributed by atoms with E-state index in [9.17, 15) is 63.3 Å². The lowest BCUT2D eigenvalue weighted by molar-refractivity contribution is -0.143. The third kappa shape index (κ3) is 37.2. The Balaban J connectivity index is 1.37. The van der Waals surface area contributed by atoms with Crippen LogP contribution in [0, 0.1) is 34.5 Å². The van der Waals surface area contributed by atoms with Crippen molar-refractivity contribution in [2.24, 2.45) is 40.9 Å². The van der Waals surface area contributed by atoms with Crippen LogP contribution in [-0.2, 0) is 107 Å². The average molecular weight is 2150 g/mol. The number of hydrogen-bond acceptors (Lipinski definition) is 22. The van der Waals surface area contributed by atoms with E-state index in [1.165, 1.54) is 46.9 Å². The van der Waals surface area contributed by atoms with Gasteiger partial charge < -0.3 is 127 Å². The average Bonchev–Trinajstić information content (AvgIpc) is 1.75. The van der Waals surface area contributed by atoms with Gasteiger partial charge in [-0.05, 0) is 166 Å². The van der Waals surface area contributed by atoms with Crippen molar-refractivity contribution in [3.8, 4) is 16.9 Å². The minimum atomic E-state index is -2.11. The van der Waals surface area contributed by atoms with Gasteiger partial charge in [0.2, 0.25) is 94.5 Å². The second-order valence-electron chi connectivity index (χ2n) is 37.1. The second-order valence-corrected chi connectivity index (χ2v) is 39.8. The third-order valence-corrected chi connectivity index (χ3v) is 25.9. The van der Waals surface area contributed by atoms with E-state index in [1.807, 2.05) is 30.3 Å². The Morgan fingerprint density at radius 2 is 0.875 bits per heavy atom. The minimum Gasteiger partial charge on any atom is -0.506 e. The van der Waals surface area contributed by atoms with Gasteiger partial charge in [0.05, 0.1) is 27.2 Å². The van der Waals surface area contributed by atoms with Gasteiger partial charge in [-0.2, -0.15) is 0 Å². The van der Waals surface area contributed by atoms with Crippen molar-refractivity contribution in [3.05, 3.63) is 159 Å². The zero-order valence-electron chi connectivity index (χ0n) is 82.4. The number of aromatic hydroxyl groups is 1. The van der Waals surface area contributed by atoms with E-state index in [1.54, 1.807) is 127 Å². The molecule has 144 heavy (non-hydrogen) atoms. The number of primary amides is 1. The minimum absolute atomic E-state index is 0.00325. The van der Waals surface area contributed by atoms with E-state index in [-0.39, 0.29) is 103 Å². The van der Waals surface area contributed by atoms with Crippen molar-refractivity contribution in [3.63, 3.8) is 0 Å². The second kappa shape index (κ2) is 56.9. The number of fused-ring (bicyclic) bond motifs is 1. The van der Waals surface area contributed by atoms with Crippen LogP contribution in [0.3, 0.4) is 0 Å². The Kier molecular flexibility index (Phi) is 46.3. The van der Waals surface area contributed by atoms with Gasteiger partial charge in [0.1, 0.15) is 96.4 Å². The summed E-state index contributed by atoms with van der Waals surface area (Å²) in [6, 6.07) is 9.58. The van der Waals surface area contributed by atoms with Gasteiger partial charge in [0.25, 0.3) is 0 Å². The molecule has 0 bridgehead atoms. The number of aliphatic hydroxyl groups excluding tert-OH is 1. The van der Waals surface area contributed by atoms with Crippen molar-refractivity contribution >= 4 is 167 Å². The molecule has 7 rings (SSSR count). The molecule has 43 nitrogen and oxygen atoms in total. The van der Waals surface area contributed by atoms with Crippen molar-refractivity contribution in [2.45, 2.75) is 244 Å². The number of phenolic OH excluding ortho intramolecular Hbond substituents is 1. The SMILES string of the molecule is CC(C)C[C@@H]1NC(=O)[C@H](CCCNC(=N)N)NC(=O)[C@@H](CC(C)C)NC(=O)[C@H](C)N(C)C(=O)[C@H](CCCNC(=N)N)NC(=O)[C@H](Cc2ccc(-c3ccccc3)cc2)NC(=O)[C@H](C(C)C)NC(=O)[C@H](Cc2c[nH]c3ccccc23)NC(=O)[C@H](CC(=O)O)NC(=O)[C@H](Cc2cc(Br)c(O)c(Br)c2)NC(=O)[C@H](Cc2ccccc2)NC(=O)CSC[C@@H](C(=O)N[C@@H](C)C(N)=O)NC(=O)[C@H]([C@@H](C)O)NC(=O)[C@H](C(C)C)NC1=O. The predicted molar refractivity (Wildman–Crippen MR) is 547 cm³/mol. The summed E-state index contributed by atoms with van der Waals surface area (Å²) in [5, 5.41) is 91.1. The summed E-state index contributed by atoms with van der Waals surface area (Å²) in [5.74, 6) is -22.7. The van der Waals surface area contributed by atoms with Crippen molar-refractivity contribution < 1.29 is 96.8 Å². The number of hydrogen-bond donors (Lipinski definition) is 25. The van der Waals surface area contributed by atoms with Crippen LogP contribution in [0.2, 0.25) is 0 Å². The number of likely N-dealkylation sites (N-methyl/N-ethyl adjacent to an activating group) is 1. The molecule has 0 saturated carbocycles. The first kappa shape index (κ1) is 117. The van der Waals surface area contributed by atoms with Gasteiger partial charge in [-0.1, -0.05) is 159 Å². The lowest BCUT2D eigenvalue weighted by Gasteiger charge is -2.32. The van der Waals surface area contributed by atoms with E-state index < -0.39 is 245 Å². The molecule has 1 aliphatic rings. The highest BCUT2D eigenvalue weighted by molar-refractivity contribution is 9.11. The van der Waals surface area contributed by atoms with E-state index >= 15 is 33.6 Å². The molecule has 782 valence electrons. The summed E-state index contributed by atoms with van der Waals surface area (Å²) in [4.78, 5) is 255. The van der Waals surface area contributed by atoms with Crippen LogP contribution in [0.15, 0.2) is 136 Å². The molecule has 0 radical (unpaired) electrons. The number of benzene rings is 5. The smallest absolute Gasteiger partial charge is 0.305 e. The molecule has 1 fully saturated rings. The Hall–Kier alpha value is -13.8. The summed E-state index contributed by atoms with van der Waals surface area (Å²) >= 11 is 7.29. The first-order chi connectivity index (χ1) is 68.0. The summed E-state index contributed by atoms with van der Waals surface area (Å²) in [6.07, 6.45) is -3.32. The fourth-order valence-corrected chi connectivity index (χ4v) is 17.8. The number of phenols is 1. The molecule has 46 heteroatoms. The number of H-pyrrole nitrogens is 1. The normalized spacial score (nSPS) is 22.8. The van der Waals surface area contributed by atoms with Gasteiger partial charge in [-0.15, -0.1) is 11.8 Å². The first-order valence-corrected chi connectivity index (χ1v) is 50.1. The van der Waals surface area contributed by atoms with Crippen LogP contribution in [0.25, 0.3) is 22.0 Å². The lowest BCUT2D eigenvalue weighted by Crippen LogP contribution is -2.62. The summed E-state index contributed by atoms with van der Waals surface area (Å²) in [6.45, 7) is 16.8. The number of amides is 16. The Morgan fingerprint density at radius 1 is 0.472 bits per heavy atom. The topological polar surface area (TPSA) is 688 Å². The maximum atomic E-state index is 15.6. The zero-order chi connectivity index (χ0) is 107. The number of rotatable bonds is 29. The van der Waals surface area contributed by atoms with Crippen molar-refractivity contribution in [1.82, 2.24) is 95.0 Å². The van der Waals surface area contributed by atoms with Crippen LogP contribution in [0.4, 0.5) is 0 Å². The van der Waals surface area contributed by atoms with Gasteiger partial charge in [0, 0.05) is 68.7 Å². The molecule has 6 aromatic rings. The number of aliphatic hydroxyl groups is 1. The number of carbonyl (C=O) groups excluding carboxylic acids is 16. The number of aromatic amines is 1. The number of carbonyl (C=O) groups is 17. The van der Waals surface area contributed by atoms with Crippen LogP contribution in [0.5, 0.6) is 5.75 Å². The van der Waals surface area contributed by atoms with Crippen molar-refractivity contribution in [2.75, 3.05) is 31.6 Å². The van der Waals surface area contributed by atoms with E-state index in [2.05, 4.69) is 122 Å². The fraction of sp³-hybridized carbons (Fsp3) is 0.480. The lowest BCUT2D eigenvalue weighted by atomic mass is 9.98. The Morgan fingerprint density at radius 3 is 1.40 bits per heavy atom. The monoisotopic (exact) mass is 2140 g/mol. The highest BCUT2D eigenvalue weighted by Gasteiger charge is 2.42. The van der Waals surface area contributed by atoms with Crippen molar-refractivity contribution in [1.29, 1.82) is 10.8 Å². The highest BCUT2D eigenvalue weighted by atomic mass is 79.9. The standard InChI is InChI=1S/C98H135Br2N23O20S/c1-49(2)37-68-85(132)111-66(29-21-35-106-97(102)103)84(131)114-69(38-50(3)4)90(137)121-79(52(7)8)94(141)122-80(55(11)124)95(142)119-75(92(139)109-53(9)82(101)129)47-144-48-76(125)110-70(41-56-23-15-13-16-24-56)86(133)115-72(43-58-39-63(99)81(128)64(100)40-58)88(135)117-74(45-77(126)127)89(136)116-73(44-61-46-108-65-28-20-19-27-62(61)65)91(138)120-78(51(5)6)93(140)118-71(42-57-31-33-60(34-32-57)59-25-17-14-18-26-59)87(134)112-67(30-22-36-107-98(104)105)96(143)123(12)54(10)83(130)113-68/h13-20,23-28,31-34,39-40,46,49-55,66-75,78-80,108,124,128H,21-22,29-30,35-38,41-45,47-48H2,1-12H3,(H2,101,129)(H,109,139)(H,110,125)(H,111,132)(H,112,134)(H,113,130)(H,114,131)(H,115,133)(H,116,136)(H,117,135)(H,118,140)(H,119,142)(H,120,138)(H,121,137)(H,122,141)(H,126,127)(H4,102,103,106)(H4,104,105,107)/t53-,54-,55+,66-,67-,68+,69-,70-,71-,72-,73-,74-,75-,78-,79-,80-/m0/s1. The maximum Gasteiger partial charge on any atom is 0.305 e. The number of aliphatic carboxylic acids is 1. The number of nitrogens with two attached hydrogens (primary N) is 3. The van der Waals surface area contributed by atoms with Gasteiger partial charge in [0.15, 0.2) is 11.9 Å². The third-order valence-electron chi connectivity index (χ3n) is 23.7. The molecular formula is C98H135Br2N23O20S. The van der Waals surface area contributed by atoms with Gasteiger partial charge in [-0.25, -0.2) is 0 Å². The molecule has 16 amide bonds. The molecule has 1 aromatic heterocycles. The number of thioether (sulfide) groups is 1. The molecule has 28 N–H and O–H groups in total. The number of nitrogens with zero attached hydrogens (tertiary/aromatic N) is 1. The van der Waals surface area contributed by atoms with Crippen LogP contribution in [0.1, 0.15) is 143 Å². The molecule has 16 atom stereocenters. The maximum absolute atomic E-state index is 15.6. The van der Waals surface area contributed by atoms with Gasteiger partial charge >= 0.3 is 5.97 Å². The molecule has 0 unspecified atom stereocenters. The molecular weight excluding hydrogens is 2010 g/mol. The number of guanidine groups is 2. The number of carboxylic acids is 1. The molecule has 2 heterocycles. The quantitative estimate of drug-likeness (QED) is 0.0177. The number of halogens is 2. The van der Waals surface area contributed by atoms with Crippen LogP contribution in [-0.4, -0.2) is 266 Å². The molecule has 1 saturated heterocycles. The highest BCUT2D eigenvalue weighted by Crippen LogP contribution is 2.34. The zero-order valence-corrected chi connectivity index (χ0v) is 86.4. The molecule has 0 spiro atoms. The number of nitrogens with one attached hydrogen (secondary N) is 19. The summed E-state index contributed by atoms with van der Waals surface area (Å²) in [7, 11) is 1.26. The fourth-order valence-electron chi connectivity index (χ4n) is 15.6. The number of para-hydroxylation sites is 1. The van der Waals surface area contributed by atoms with E-state index in [4.69, 9.17) is 28.0 Å². The number of aromatic nitrogens is 1.